The van der Waals surface area contributed by atoms with Crippen LogP contribution < -0.4 is 5.32 Å². The Labute approximate surface area is 116 Å². The van der Waals surface area contributed by atoms with E-state index in [0.717, 1.165) is 6.54 Å². The Morgan fingerprint density at radius 1 is 1.26 bits per heavy atom. The minimum Gasteiger partial charge on any atom is -0.481 e. The van der Waals surface area contributed by atoms with Gasteiger partial charge in [-0.3, -0.25) is 4.79 Å². The van der Waals surface area contributed by atoms with Gasteiger partial charge in [-0.15, -0.1) is 0 Å². The molecule has 0 spiro atoms. The second kappa shape index (κ2) is 6.71. The van der Waals surface area contributed by atoms with Crippen LogP contribution in [-0.4, -0.2) is 23.7 Å². The quantitative estimate of drug-likeness (QED) is 0.793. The third kappa shape index (κ3) is 4.67. The van der Waals surface area contributed by atoms with E-state index in [1.54, 1.807) is 13.8 Å². The van der Waals surface area contributed by atoms with E-state index in [9.17, 15) is 4.79 Å². The van der Waals surface area contributed by atoms with Crippen LogP contribution in [0, 0.1) is 5.41 Å². The van der Waals surface area contributed by atoms with E-state index in [2.05, 4.69) is 31.3 Å². The second-order valence-corrected chi connectivity index (χ2v) is 5.88. The average Bonchev–Trinajstić information content (AvgIpc) is 2.38. The Kier molecular flexibility index (Phi) is 5.55. The number of carboxylic acid groups (broad SMARTS) is 1. The van der Waals surface area contributed by atoms with Gasteiger partial charge in [0.2, 0.25) is 0 Å². The van der Waals surface area contributed by atoms with E-state index in [1.165, 1.54) is 5.56 Å². The SMILES string of the molecule is CC(NCCC(C)(C)C(=O)O)C(C)c1ccccc1. The number of nitrogens with one attached hydrogen (secondary N) is 1. The van der Waals surface area contributed by atoms with Crippen LogP contribution in [0.3, 0.4) is 0 Å². The van der Waals surface area contributed by atoms with Gasteiger partial charge in [0.25, 0.3) is 0 Å². The third-order valence-corrected chi connectivity index (χ3v) is 3.87. The van der Waals surface area contributed by atoms with Gasteiger partial charge >= 0.3 is 5.97 Å². The summed E-state index contributed by atoms with van der Waals surface area (Å²) in [5.74, 6) is -0.327. The molecule has 0 amide bonds. The maximum atomic E-state index is 11.0. The molecule has 3 heteroatoms. The Balaban J connectivity index is 2.44. The normalized spacial score (nSPS) is 14.9. The molecule has 0 aromatic heterocycles. The number of aliphatic carboxylic acids is 1. The highest BCUT2D eigenvalue weighted by Gasteiger charge is 2.26. The van der Waals surface area contributed by atoms with E-state index < -0.39 is 11.4 Å². The van der Waals surface area contributed by atoms with Crippen molar-refractivity contribution in [3.8, 4) is 0 Å². The molecule has 0 aliphatic rings. The number of rotatable bonds is 7. The lowest BCUT2D eigenvalue weighted by atomic mass is 9.89. The van der Waals surface area contributed by atoms with Crippen molar-refractivity contribution >= 4 is 5.97 Å². The molecule has 0 saturated heterocycles. The van der Waals surface area contributed by atoms with Crippen LogP contribution in [0.1, 0.15) is 45.6 Å². The molecular weight excluding hydrogens is 238 g/mol. The van der Waals surface area contributed by atoms with Gasteiger partial charge < -0.3 is 10.4 Å². The van der Waals surface area contributed by atoms with Crippen LogP contribution in [0.5, 0.6) is 0 Å². The first kappa shape index (κ1) is 15.7. The van der Waals surface area contributed by atoms with Crippen LogP contribution >= 0.6 is 0 Å². The van der Waals surface area contributed by atoms with Gasteiger partial charge in [0.1, 0.15) is 0 Å². The summed E-state index contributed by atoms with van der Waals surface area (Å²) in [7, 11) is 0. The molecule has 0 aliphatic carbocycles. The Morgan fingerprint density at radius 2 is 1.84 bits per heavy atom. The fourth-order valence-electron chi connectivity index (χ4n) is 1.94. The maximum absolute atomic E-state index is 11.0. The van der Waals surface area contributed by atoms with Crippen molar-refractivity contribution in [2.45, 2.75) is 46.1 Å². The van der Waals surface area contributed by atoms with Crippen LogP contribution in [0.4, 0.5) is 0 Å². The summed E-state index contributed by atoms with van der Waals surface area (Å²) in [6.45, 7) is 8.59. The van der Waals surface area contributed by atoms with E-state index in [-0.39, 0.29) is 0 Å². The maximum Gasteiger partial charge on any atom is 0.309 e. The fourth-order valence-corrected chi connectivity index (χ4v) is 1.94. The zero-order valence-electron chi connectivity index (χ0n) is 12.3. The largest absolute Gasteiger partial charge is 0.481 e. The van der Waals surface area contributed by atoms with Crippen molar-refractivity contribution < 1.29 is 9.90 Å². The van der Waals surface area contributed by atoms with Crippen molar-refractivity contribution in [1.82, 2.24) is 5.32 Å². The van der Waals surface area contributed by atoms with Gasteiger partial charge in [0.15, 0.2) is 0 Å². The first-order valence-electron chi connectivity index (χ1n) is 6.86. The van der Waals surface area contributed by atoms with Crippen LogP contribution in [-0.2, 0) is 4.79 Å². The monoisotopic (exact) mass is 263 g/mol. The summed E-state index contributed by atoms with van der Waals surface area (Å²) in [6, 6.07) is 10.7. The standard InChI is InChI=1S/C16H25NO2/c1-12(14-8-6-5-7-9-14)13(2)17-11-10-16(3,4)15(18)19/h5-9,12-13,17H,10-11H2,1-4H3,(H,18,19). The first-order valence-corrected chi connectivity index (χ1v) is 6.86. The predicted octanol–water partition coefficient (Wildman–Crippen LogP) is 3.27. The number of hydrogen-bond donors (Lipinski definition) is 2. The molecule has 0 aliphatic heterocycles. The molecule has 1 aromatic rings. The van der Waals surface area contributed by atoms with Crippen LogP contribution in [0.15, 0.2) is 30.3 Å². The highest BCUT2D eigenvalue weighted by atomic mass is 16.4. The van der Waals surface area contributed by atoms with E-state index in [0.29, 0.717) is 18.4 Å². The predicted molar refractivity (Wildman–Crippen MR) is 78.4 cm³/mol. The molecule has 0 bridgehead atoms. The molecule has 0 radical (unpaired) electrons. The van der Waals surface area contributed by atoms with E-state index >= 15 is 0 Å². The molecule has 2 atom stereocenters. The number of benzene rings is 1. The Hall–Kier alpha value is -1.35. The van der Waals surface area contributed by atoms with Crippen molar-refractivity contribution in [2.24, 2.45) is 5.41 Å². The van der Waals surface area contributed by atoms with Gasteiger partial charge in [-0.05, 0) is 45.2 Å². The lowest BCUT2D eigenvalue weighted by Gasteiger charge is -2.24. The minimum absolute atomic E-state index is 0.326. The molecule has 106 valence electrons. The van der Waals surface area contributed by atoms with E-state index in [1.807, 2.05) is 18.2 Å². The molecular formula is C16H25NO2. The number of carboxylic acids is 1. The summed E-state index contributed by atoms with van der Waals surface area (Å²) >= 11 is 0. The highest BCUT2D eigenvalue weighted by Crippen LogP contribution is 2.21. The molecule has 0 heterocycles. The number of carbonyl (C=O) groups is 1. The number of hydrogen-bond acceptors (Lipinski definition) is 2. The molecule has 0 fully saturated rings. The van der Waals surface area contributed by atoms with Crippen molar-refractivity contribution in [2.75, 3.05) is 6.54 Å². The van der Waals surface area contributed by atoms with Gasteiger partial charge in [-0.2, -0.15) is 0 Å². The molecule has 1 rings (SSSR count). The lowest BCUT2D eigenvalue weighted by molar-refractivity contribution is -0.147. The summed E-state index contributed by atoms with van der Waals surface area (Å²) in [4.78, 5) is 11.0. The first-order chi connectivity index (χ1) is 8.84. The summed E-state index contributed by atoms with van der Waals surface area (Å²) < 4.78 is 0. The van der Waals surface area contributed by atoms with Crippen molar-refractivity contribution in [3.63, 3.8) is 0 Å². The zero-order chi connectivity index (χ0) is 14.5. The van der Waals surface area contributed by atoms with Gasteiger partial charge in [-0.25, -0.2) is 0 Å². The average molecular weight is 263 g/mol. The minimum atomic E-state index is -0.738. The topological polar surface area (TPSA) is 49.3 Å². The zero-order valence-corrected chi connectivity index (χ0v) is 12.3. The smallest absolute Gasteiger partial charge is 0.309 e. The Morgan fingerprint density at radius 3 is 2.37 bits per heavy atom. The molecule has 1 aromatic carbocycles. The molecule has 0 saturated carbocycles. The van der Waals surface area contributed by atoms with Crippen LogP contribution in [0.2, 0.25) is 0 Å². The Bertz CT molecular complexity index is 400. The van der Waals surface area contributed by atoms with Gasteiger partial charge in [0.05, 0.1) is 5.41 Å². The molecule has 3 nitrogen and oxygen atoms in total. The molecule has 19 heavy (non-hydrogen) atoms. The van der Waals surface area contributed by atoms with Gasteiger partial charge in [-0.1, -0.05) is 37.3 Å². The summed E-state index contributed by atoms with van der Waals surface area (Å²) in [5, 5.41) is 12.5. The van der Waals surface area contributed by atoms with Crippen LogP contribution in [0.25, 0.3) is 0 Å². The lowest BCUT2D eigenvalue weighted by Crippen LogP contribution is -2.35. The van der Waals surface area contributed by atoms with Crippen molar-refractivity contribution in [1.29, 1.82) is 0 Å². The summed E-state index contributed by atoms with van der Waals surface area (Å²) in [6.07, 6.45) is 0.633. The molecule has 2 N–H and O–H groups in total. The molecule has 2 unspecified atom stereocenters. The summed E-state index contributed by atoms with van der Waals surface area (Å²) in [5.41, 5.74) is 0.642. The van der Waals surface area contributed by atoms with Crippen molar-refractivity contribution in [3.05, 3.63) is 35.9 Å². The second-order valence-electron chi connectivity index (χ2n) is 5.88. The highest BCUT2D eigenvalue weighted by molar-refractivity contribution is 5.73. The third-order valence-electron chi connectivity index (χ3n) is 3.87. The van der Waals surface area contributed by atoms with Gasteiger partial charge in [0, 0.05) is 6.04 Å². The fraction of sp³-hybridized carbons (Fsp3) is 0.562. The van der Waals surface area contributed by atoms with E-state index in [4.69, 9.17) is 5.11 Å².